The van der Waals surface area contributed by atoms with E-state index in [2.05, 4.69) is 0 Å². The number of aliphatic hydroxyl groups is 1. The highest BCUT2D eigenvalue weighted by Crippen LogP contribution is 2.23. The van der Waals surface area contributed by atoms with Gasteiger partial charge in [0, 0.05) is 20.2 Å². The van der Waals surface area contributed by atoms with Crippen molar-refractivity contribution in [3.05, 3.63) is 21.3 Å². The number of nitrogens with zero attached hydrogens (tertiary/aromatic N) is 1. The van der Waals surface area contributed by atoms with Gasteiger partial charge >= 0.3 is 0 Å². The molecule has 0 saturated carbocycles. The third kappa shape index (κ3) is 3.45. The van der Waals surface area contributed by atoms with Gasteiger partial charge in [0.25, 0.3) is 5.91 Å². The summed E-state index contributed by atoms with van der Waals surface area (Å²) in [4.78, 5) is 14.0. The Morgan fingerprint density at radius 3 is 2.88 bits per heavy atom. The Kier molecular flexibility index (Phi) is 5.76. The van der Waals surface area contributed by atoms with Gasteiger partial charge in [-0.3, -0.25) is 4.79 Å². The number of rotatable bonds is 6. The van der Waals surface area contributed by atoms with Crippen LogP contribution in [0.3, 0.4) is 0 Å². The largest absolute Gasteiger partial charge is 0.395 e. The van der Waals surface area contributed by atoms with Crippen molar-refractivity contribution in [2.45, 2.75) is 0 Å². The first-order valence-corrected chi connectivity index (χ1v) is 6.08. The van der Waals surface area contributed by atoms with E-state index in [1.54, 1.807) is 18.6 Å². The molecule has 1 rings (SSSR count). The molecule has 0 aromatic carbocycles. The molecule has 0 atom stereocenters. The van der Waals surface area contributed by atoms with Gasteiger partial charge in [-0.25, -0.2) is 0 Å². The summed E-state index contributed by atoms with van der Waals surface area (Å²) >= 11 is 7.18. The minimum absolute atomic E-state index is 0.0710. The smallest absolute Gasteiger partial charge is 0.265 e. The molecular weight excluding hydrogens is 250 g/mol. The summed E-state index contributed by atoms with van der Waals surface area (Å²) in [7, 11) is 1.57. The molecule has 0 aliphatic rings. The highest BCUT2D eigenvalue weighted by molar-refractivity contribution is 7.12. The molecule has 0 radical (unpaired) electrons. The third-order valence-corrected chi connectivity index (χ3v) is 3.36. The van der Waals surface area contributed by atoms with Crippen molar-refractivity contribution >= 4 is 28.8 Å². The van der Waals surface area contributed by atoms with Crippen molar-refractivity contribution in [1.82, 2.24) is 4.90 Å². The van der Waals surface area contributed by atoms with Crippen LogP contribution in [0.25, 0.3) is 0 Å². The Morgan fingerprint density at radius 1 is 1.62 bits per heavy atom. The van der Waals surface area contributed by atoms with Gasteiger partial charge in [-0.1, -0.05) is 11.6 Å². The van der Waals surface area contributed by atoms with Gasteiger partial charge in [0.2, 0.25) is 0 Å². The fourth-order valence-corrected chi connectivity index (χ4v) is 2.33. The van der Waals surface area contributed by atoms with E-state index in [4.69, 9.17) is 21.4 Å². The quantitative estimate of drug-likeness (QED) is 0.846. The summed E-state index contributed by atoms with van der Waals surface area (Å²) in [5, 5.41) is 11.1. The van der Waals surface area contributed by atoms with Crippen LogP contribution >= 0.6 is 22.9 Å². The lowest BCUT2D eigenvalue weighted by atomic mass is 10.3. The molecule has 0 aliphatic carbocycles. The molecule has 0 unspecified atom stereocenters. The molecule has 0 bridgehead atoms. The minimum Gasteiger partial charge on any atom is -0.395 e. The summed E-state index contributed by atoms with van der Waals surface area (Å²) in [6.45, 7) is 1.10. The van der Waals surface area contributed by atoms with Crippen molar-refractivity contribution in [3.8, 4) is 0 Å². The van der Waals surface area contributed by atoms with Crippen molar-refractivity contribution in [3.63, 3.8) is 0 Å². The zero-order chi connectivity index (χ0) is 12.0. The van der Waals surface area contributed by atoms with Gasteiger partial charge in [0.15, 0.2) is 0 Å². The predicted octanol–water partition coefficient (Wildman–Crippen LogP) is 1.48. The van der Waals surface area contributed by atoms with Crippen molar-refractivity contribution in [2.24, 2.45) is 0 Å². The first-order chi connectivity index (χ1) is 7.70. The molecule has 1 amide bonds. The van der Waals surface area contributed by atoms with Gasteiger partial charge in [0.05, 0.1) is 18.2 Å². The first-order valence-electron chi connectivity index (χ1n) is 4.82. The lowest BCUT2D eigenvalue weighted by molar-refractivity contribution is 0.0661. The Balaban J connectivity index is 2.70. The summed E-state index contributed by atoms with van der Waals surface area (Å²) < 4.78 is 4.91. The van der Waals surface area contributed by atoms with E-state index in [9.17, 15) is 4.79 Å². The number of hydrogen-bond donors (Lipinski definition) is 1. The van der Waals surface area contributed by atoms with Gasteiger partial charge in [-0.15, -0.1) is 11.3 Å². The summed E-state index contributed by atoms with van der Waals surface area (Å²) in [5.74, 6) is -0.161. The Hall–Kier alpha value is -0.620. The maximum Gasteiger partial charge on any atom is 0.265 e. The summed E-state index contributed by atoms with van der Waals surface area (Å²) in [5.41, 5.74) is 0. The van der Waals surface area contributed by atoms with Crippen LogP contribution in [0.2, 0.25) is 5.02 Å². The second kappa shape index (κ2) is 6.85. The van der Waals surface area contributed by atoms with E-state index in [1.165, 1.54) is 16.2 Å². The van der Waals surface area contributed by atoms with E-state index in [-0.39, 0.29) is 19.1 Å². The molecule has 0 spiro atoms. The normalized spacial score (nSPS) is 10.4. The van der Waals surface area contributed by atoms with Crippen LogP contribution in [-0.4, -0.2) is 49.3 Å². The van der Waals surface area contributed by atoms with E-state index in [0.29, 0.717) is 23.1 Å². The lowest BCUT2D eigenvalue weighted by Gasteiger charge is -2.20. The van der Waals surface area contributed by atoms with Crippen molar-refractivity contribution in [1.29, 1.82) is 0 Å². The van der Waals surface area contributed by atoms with E-state index in [1.807, 2.05) is 0 Å². The van der Waals surface area contributed by atoms with Crippen LogP contribution < -0.4 is 0 Å². The molecule has 0 aliphatic heterocycles. The SMILES string of the molecule is COCCN(CCO)C(=O)c1sccc1Cl. The molecule has 1 aromatic heterocycles. The van der Waals surface area contributed by atoms with Crippen LogP contribution in [0.4, 0.5) is 0 Å². The fraction of sp³-hybridized carbons (Fsp3) is 0.500. The number of thiophene rings is 1. The molecule has 4 nitrogen and oxygen atoms in total. The predicted molar refractivity (Wildman–Crippen MR) is 64.2 cm³/mol. The number of carbonyl (C=O) groups is 1. The van der Waals surface area contributed by atoms with Crippen LogP contribution in [0.5, 0.6) is 0 Å². The average molecular weight is 264 g/mol. The zero-order valence-corrected chi connectivity index (χ0v) is 10.6. The van der Waals surface area contributed by atoms with E-state index < -0.39 is 0 Å². The maximum absolute atomic E-state index is 12.0. The van der Waals surface area contributed by atoms with Crippen LogP contribution in [0, 0.1) is 0 Å². The molecule has 16 heavy (non-hydrogen) atoms. The van der Waals surface area contributed by atoms with Gasteiger partial charge < -0.3 is 14.7 Å². The number of methoxy groups -OCH3 is 1. The maximum atomic E-state index is 12.0. The lowest BCUT2D eigenvalue weighted by Crippen LogP contribution is -2.35. The summed E-state index contributed by atoms with van der Waals surface area (Å²) in [6, 6.07) is 1.69. The number of halogens is 1. The number of ether oxygens (including phenoxy) is 1. The molecule has 0 fully saturated rings. The average Bonchev–Trinajstić information content (AvgIpc) is 2.69. The first kappa shape index (κ1) is 13.4. The van der Waals surface area contributed by atoms with Crippen LogP contribution in [0.1, 0.15) is 9.67 Å². The standard InChI is InChI=1S/C10H14ClNO3S/c1-15-6-4-12(3-5-13)10(14)9-8(11)2-7-16-9/h2,7,13H,3-6H2,1H3. The highest BCUT2D eigenvalue weighted by atomic mass is 35.5. The van der Waals surface area contributed by atoms with Gasteiger partial charge in [-0.05, 0) is 11.4 Å². The fourth-order valence-electron chi connectivity index (χ4n) is 1.23. The van der Waals surface area contributed by atoms with E-state index in [0.717, 1.165) is 0 Å². The zero-order valence-electron chi connectivity index (χ0n) is 8.98. The molecule has 0 saturated heterocycles. The van der Waals surface area contributed by atoms with Crippen LogP contribution in [0.15, 0.2) is 11.4 Å². The van der Waals surface area contributed by atoms with Gasteiger partial charge in [0.1, 0.15) is 4.88 Å². The second-order valence-corrected chi connectivity index (χ2v) is 4.43. The Labute approximate surface area is 103 Å². The van der Waals surface area contributed by atoms with Crippen LogP contribution in [-0.2, 0) is 4.74 Å². The monoisotopic (exact) mass is 263 g/mol. The van der Waals surface area contributed by atoms with E-state index >= 15 is 0 Å². The number of hydrogen-bond acceptors (Lipinski definition) is 4. The topological polar surface area (TPSA) is 49.8 Å². The molecule has 1 aromatic rings. The molecule has 6 heteroatoms. The number of aliphatic hydroxyl groups excluding tert-OH is 1. The molecule has 1 N–H and O–H groups in total. The minimum atomic E-state index is -0.161. The molecule has 1 heterocycles. The second-order valence-electron chi connectivity index (χ2n) is 3.11. The Bertz CT molecular complexity index is 343. The number of carbonyl (C=O) groups excluding carboxylic acids is 1. The van der Waals surface area contributed by atoms with Crippen molar-refractivity contribution < 1.29 is 14.6 Å². The van der Waals surface area contributed by atoms with Gasteiger partial charge in [-0.2, -0.15) is 0 Å². The summed E-state index contributed by atoms with van der Waals surface area (Å²) in [6.07, 6.45) is 0. The third-order valence-electron chi connectivity index (χ3n) is 2.03. The molecule has 90 valence electrons. The molecular formula is C10H14ClNO3S. The Morgan fingerprint density at radius 2 is 2.38 bits per heavy atom. The highest BCUT2D eigenvalue weighted by Gasteiger charge is 2.18. The number of amides is 1. The van der Waals surface area contributed by atoms with Crippen molar-refractivity contribution in [2.75, 3.05) is 33.4 Å².